The summed E-state index contributed by atoms with van der Waals surface area (Å²) in [6.45, 7) is 6.79. The fourth-order valence-corrected chi connectivity index (χ4v) is 8.19. The average molecular weight is 823 g/mol. The van der Waals surface area contributed by atoms with Crippen molar-refractivity contribution in [3.8, 4) is 0 Å². The van der Waals surface area contributed by atoms with E-state index in [1.165, 1.54) is 18.7 Å². The molecule has 6 unspecified atom stereocenters. The zero-order chi connectivity index (χ0) is 40.8. The molecule has 15 heteroatoms. The van der Waals surface area contributed by atoms with E-state index in [0.29, 0.717) is 5.75 Å². The second-order valence-corrected chi connectivity index (χ2v) is 16.4. The first-order valence-corrected chi connectivity index (χ1v) is 20.6. The van der Waals surface area contributed by atoms with Crippen molar-refractivity contribution in [2.45, 2.75) is 107 Å². The number of ether oxygens (including phenoxy) is 10. The molecule has 0 radical (unpaired) electrons. The number of hydrogen-bond acceptors (Lipinski definition) is 15. The molecule has 0 aliphatic carbocycles. The molecule has 14 nitrogen and oxygen atoms in total. The van der Waals surface area contributed by atoms with E-state index in [1.807, 2.05) is 67.6 Å². The molecule has 4 saturated heterocycles. The van der Waals surface area contributed by atoms with Crippen LogP contribution in [0.25, 0.3) is 0 Å². The number of benzene rings is 3. The third-order valence-electron chi connectivity index (χ3n) is 10.4. The highest BCUT2D eigenvalue weighted by atomic mass is 32.2. The van der Waals surface area contributed by atoms with E-state index in [1.54, 1.807) is 44.2 Å². The molecule has 4 fully saturated rings. The van der Waals surface area contributed by atoms with Crippen molar-refractivity contribution < 1.29 is 66.9 Å². The van der Waals surface area contributed by atoms with Crippen LogP contribution in [0.4, 0.5) is 0 Å². The third-order valence-corrected chi connectivity index (χ3v) is 11.5. The van der Waals surface area contributed by atoms with Crippen molar-refractivity contribution in [2.24, 2.45) is 5.41 Å². The maximum Gasteiger partial charge on any atom is 0.338 e. The molecule has 0 spiro atoms. The Kier molecular flexibility index (Phi) is 13.8. The van der Waals surface area contributed by atoms with E-state index >= 15 is 0 Å². The minimum atomic E-state index is -1.45. The molecule has 58 heavy (non-hydrogen) atoms. The fraction of sp³-hybridized carbons (Fsp3) is 0.512. The van der Waals surface area contributed by atoms with Crippen LogP contribution in [0.2, 0.25) is 0 Å². The first kappa shape index (κ1) is 42.2. The molecule has 4 aliphatic heterocycles. The summed E-state index contributed by atoms with van der Waals surface area (Å²) in [5.41, 5.74) is -0.119. The van der Waals surface area contributed by atoms with Crippen LogP contribution in [0.1, 0.15) is 68.2 Å². The lowest BCUT2D eigenvalue weighted by Crippen LogP contribution is -2.67. The van der Waals surface area contributed by atoms with Gasteiger partial charge in [-0.3, -0.25) is 9.59 Å². The lowest BCUT2D eigenvalue weighted by atomic mass is 9.89. The van der Waals surface area contributed by atoms with Crippen LogP contribution in [0, 0.1) is 5.41 Å². The summed E-state index contributed by atoms with van der Waals surface area (Å²) in [5, 5.41) is 12.1. The Bertz CT molecular complexity index is 1820. The Morgan fingerprint density at radius 1 is 0.741 bits per heavy atom. The Labute approximate surface area is 341 Å². The largest absolute Gasteiger partial charge is 0.466 e. The monoisotopic (exact) mass is 822 g/mol. The number of fused-ring (bicyclic) bond motifs is 2. The maximum absolute atomic E-state index is 14.1. The van der Waals surface area contributed by atoms with E-state index in [2.05, 4.69) is 0 Å². The minimum Gasteiger partial charge on any atom is -0.466 e. The van der Waals surface area contributed by atoms with Crippen LogP contribution in [0.3, 0.4) is 0 Å². The molecule has 0 amide bonds. The van der Waals surface area contributed by atoms with Crippen molar-refractivity contribution in [3.63, 3.8) is 0 Å². The summed E-state index contributed by atoms with van der Waals surface area (Å²) >= 11 is 1.40. The molecule has 0 saturated carbocycles. The van der Waals surface area contributed by atoms with Crippen LogP contribution in [-0.4, -0.2) is 109 Å². The van der Waals surface area contributed by atoms with Crippen molar-refractivity contribution in [2.75, 3.05) is 25.6 Å². The molecule has 1 N–H and O–H groups in total. The topological polar surface area (TPSA) is 164 Å². The van der Waals surface area contributed by atoms with Crippen LogP contribution >= 0.6 is 11.8 Å². The van der Waals surface area contributed by atoms with Crippen LogP contribution in [0.5, 0.6) is 0 Å². The van der Waals surface area contributed by atoms with Crippen molar-refractivity contribution >= 4 is 29.7 Å². The lowest BCUT2D eigenvalue weighted by molar-refractivity contribution is -0.388. The maximum atomic E-state index is 14.1. The van der Waals surface area contributed by atoms with Gasteiger partial charge in [0.15, 0.2) is 31.1 Å². The highest BCUT2D eigenvalue weighted by molar-refractivity contribution is 7.99. The number of esters is 3. The van der Waals surface area contributed by atoms with Gasteiger partial charge in [-0.05, 0) is 38.2 Å². The second kappa shape index (κ2) is 19.0. The summed E-state index contributed by atoms with van der Waals surface area (Å²) in [5.74, 6) is -1.19. The molecule has 3 aromatic carbocycles. The lowest BCUT2D eigenvalue weighted by Gasteiger charge is -2.52. The number of carbonyl (C=O) groups excluding carboxylic acids is 3. The second-order valence-electron chi connectivity index (χ2n) is 15.1. The van der Waals surface area contributed by atoms with Crippen LogP contribution in [0.15, 0.2) is 91.0 Å². The van der Waals surface area contributed by atoms with Gasteiger partial charge in [0.05, 0.1) is 30.8 Å². The van der Waals surface area contributed by atoms with Crippen LogP contribution < -0.4 is 0 Å². The first-order valence-electron chi connectivity index (χ1n) is 19.5. The number of aliphatic hydroxyl groups excluding tert-OH is 1. The Morgan fingerprint density at radius 2 is 1.31 bits per heavy atom. The van der Waals surface area contributed by atoms with E-state index in [0.717, 1.165) is 11.1 Å². The van der Waals surface area contributed by atoms with Crippen molar-refractivity contribution in [3.05, 3.63) is 108 Å². The molecular formula is C43H50O14S. The molecule has 0 aromatic heterocycles. The molecule has 312 valence electrons. The highest BCUT2D eigenvalue weighted by Gasteiger charge is 2.58. The number of thioether (sulfide) groups is 1. The molecule has 7 rings (SSSR count). The van der Waals surface area contributed by atoms with Crippen LogP contribution in [-0.2, 0) is 57.0 Å². The van der Waals surface area contributed by atoms with E-state index in [4.69, 9.17) is 47.4 Å². The fourth-order valence-electron chi connectivity index (χ4n) is 7.24. The summed E-state index contributed by atoms with van der Waals surface area (Å²) in [6.07, 6.45) is -11.4. The standard InChI is InChI=1S/C43H50O14S/c1-5-58-41-36(57-42(47)43(3,4)21-22-48-25(2)44)35(33-30(52-41)24-50-39(55-33)28-19-13-8-14-20-28)56-40-34(53-37(46)26-15-9-6-10-16-26)31(45)32-29(51-40)23-49-38(54-32)27-17-11-7-12-18-27/h6-20,29-36,38-41,45H,5,21-24H2,1-4H3/t29?,30?,31-,32-,33-,34?,35-,36?,38?,39?,40-,41-/m0/s1. The average Bonchev–Trinajstić information content (AvgIpc) is 3.23. The van der Waals surface area contributed by atoms with Gasteiger partial charge in [-0.25, -0.2) is 4.79 Å². The van der Waals surface area contributed by atoms with Gasteiger partial charge in [-0.2, -0.15) is 0 Å². The SMILES string of the molecule is CCS[C@@H]1OC2COC(c3ccccc3)O[C@@H]2[C@H](O[C@@H]2OC3COC(c4ccccc4)O[C@@H]3[C@H](O)C2OC(=O)c2ccccc2)C1OC(=O)C(C)(C)CCOC(C)=O. The van der Waals surface area contributed by atoms with Gasteiger partial charge in [-0.15, -0.1) is 11.8 Å². The van der Waals surface area contributed by atoms with Gasteiger partial charge in [-0.1, -0.05) is 85.8 Å². The van der Waals surface area contributed by atoms with Gasteiger partial charge in [0.2, 0.25) is 0 Å². The summed E-state index contributed by atoms with van der Waals surface area (Å²) in [4.78, 5) is 39.3. The zero-order valence-electron chi connectivity index (χ0n) is 32.8. The molecule has 12 atom stereocenters. The van der Waals surface area contributed by atoms with E-state index in [9.17, 15) is 19.5 Å². The number of aliphatic hydroxyl groups is 1. The van der Waals surface area contributed by atoms with E-state index < -0.39 is 96.5 Å². The number of hydrogen-bond donors (Lipinski definition) is 1. The molecule has 4 heterocycles. The normalized spacial score (nSPS) is 32.2. The molecule has 4 aliphatic rings. The predicted octanol–water partition coefficient (Wildman–Crippen LogP) is 5.28. The molecule has 3 aromatic rings. The third kappa shape index (κ3) is 9.75. The first-order chi connectivity index (χ1) is 28.0. The molecule has 0 bridgehead atoms. The predicted molar refractivity (Wildman–Crippen MR) is 207 cm³/mol. The van der Waals surface area contributed by atoms with Gasteiger partial charge >= 0.3 is 17.9 Å². The smallest absolute Gasteiger partial charge is 0.338 e. The van der Waals surface area contributed by atoms with Gasteiger partial charge in [0, 0.05) is 18.1 Å². The van der Waals surface area contributed by atoms with Gasteiger partial charge in [0.25, 0.3) is 0 Å². The summed E-state index contributed by atoms with van der Waals surface area (Å²) in [7, 11) is 0. The molecular weight excluding hydrogens is 773 g/mol. The Hall–Kier alpha value is -3.90. The summed E-state index contributed by atoms with van der Waals surface area (Å²) in [6, 6.07) is 27.0. The minimum absolute atomic E-state index is 0.00959. The van der Waals surface area contributed by atoms with Gasteiger partial charge in [0.1, 0.15) is 42.1 Å². The highest BCUT2D eigenvalue weighted by Crippen LogP contribution is 2.43. The Morgan fingerprint density at radius 3 is 1.90 bits per heavy atom. The quantitative estimate of drug-likeness (QED) is 0.175. The summed E-state index contributed by atoms with van der Waals surface area (Å²) < 4.78 is 62.7. The van der Waals surface area contributed by atoms with Crippen molar-refractivity contribution in [1.29, 1.82) is 0 Å². The van der Waals surface area contributed by atoms with Crippen molar-refractivity contribution in [1.82, 2.24) is 0 Å². The van der Waals surface area contributed by atoms with E-state index in [-0.39, 0.29) is 31.8 Å². The number of rotatable bonds is 13. The Balaban J connectivity index is 1.22. The number of carbonyl (C=O) groups is 3. The zero-order valence-corrected chi connectivity index (χ0v) is 33.6. The van der Waals surface area contributed by atoms with Gasteiger partial charge < -0.3 is 52.5 Å².